The quantitative estimate of drug-likeness (QED) is 0.873. The summed E-state index contributed by atoms with van der Waals surface area (Å²) in [6.45, 7) is 1.99. The molecule has 0 amide bonds. The Balaban J connectivity index is 2.09. The first kappa shape index (κ1) is 13.4. The molecule has 1 saturated carbocycles. The monoisotopic (exact) mass is 250 g/mol. The van der Waals surface area contributed by atoms with Crippen LogP contribution < -0.4 is 4.74 Å². The van der Waals surface area contributed by atoms with Crippen molar-refractivity contribution in [3.8, 4) is 5.75 Å². The van der Waals surface area contributed by atoms with Gasteiger partial charge in [0.25, 0.3) is 0 Å². The molecule has 1 aliphatic carbocycles. The van der Waals surface area contributed by atoms with Crippen LogP contribution in [0.5, 0.6) is 5.75 Å². The van der Waals surface area contributed by atoms with Gasteiger partial charge < -0.3 is 14.6 Å². The number of aryl methyl sites for hydroxylation is 1. The molecular weight excluding hydrogens is 228 g/mol. The van der Waals surface area contributed by atoms with Gasteiger partial charge in [0.2, 0.25) is 0 Å². The molecule has 1 aliphatic rings. The standard InChI is InChI=1S/C15H22O3/c1-11-9-12(5-6-14(11)17-2)13(16)10-15(18-3)7-4-8-15/h5-6,9,13,16H,4,7-8,10H2,1-3H3. The summed E-state index contributed by atoms with van der Waals surface area (Å²) >= 11 is 0. The molecule has 0 heterocycles. The fourth-order valence-electron chi connectivity index (χ4n) is 2.64. The van der Waals surface area contributed by atoms with Gasteiger partial charge in [-0.1, -0.05) is 6.07 Å². The summed E-state index contributed by atoms with van der Waals surface area (Å²) in [5, 5.41) is 10.3. The molecule has 0 spiro atoms. The number of ether oxygens (including phenoxy) is 2. The molecule has 1 aromatic carbocycles. The van der Waals surface area contributed by atoms with Crippen LogP contribution in [0.4, 0.5) is 0 Å². The van der Waals surface area contributed by atoms with Crippen molar-refractivity contribution in [2.24, 2.45) is 0 Å². The Hall–Kier alpha value is -1.06. The Kier molecular flexibility index (Phi) is 3.93. The maximum Gasteiger partial charge on any atom is 0.121 e. The Morgan fingerprint density at radius 1 is 1.33 bits per heavy atom. The van der Waals surface area contributed by atoms with Gasteiger partial charge in [-0.15, -0.1) is 0 Å². The van der Waals surface area contributed by atoms with E-state index in [0.29, 0.717) is 6.42 Å². The third kappa shape index (κ3) is 2.52. The zero-order chi connectivity index (χ0) is 13.2. The molecule has 1 fully saturated rings. The number of benzene rings is 1. The van der Waals surface area contributed by atoms with E-state index in [9.17, 15) is 5.11 Å². The van der Waals surface area contributed by atoms with Crippen LogP contribution in [0.2, 0.25) is 0 Å². The molecule has 3 nitrogen and oxygen atoms in total. The number of methoxy groups -OCH3 is 2. The molecule has 1 atom stereocenters. The van der Waals surface area contributed by atoms with Gasteiger partial charge in [0.15, 0.2) is 0 Å². The van der Waals surface area contributed by atoms with Crippen molar-refractivity contribution in [1.82, 2.24) is 0 Å². The molecule has 1 aromatic rings. The fraction of sp³-hybridized carbons (Fsp3) is 0.600. The highest BCUT2D eigenvalue weighted by Gasteiger charge is 2.39. The van der Waals surface area contributed by atoms with Gasteiger partial charge >= 0.3 is 0 Å². The largest absolute Gasteiger partial charge is 0.496 e. The topological polar surface area (TPSA) is 38.7 Å². The third-order valence-electron chi connectivity index (χ3n) is 4.07. The number of hydrogen-bond acceptors (Lipinski definition) is 3. The van der Waals surface area contributed by atoms with Crippen LogP contribution in [0.25, 0.3) is 0 Å². The Bertz CT molecular complexity index is 405. The van der Waals surface area contributed by atoms with Crippen LogP contribution in [0.3, 0.4) is 0 Å². The van der Waals surface area contributed by atoms with E-state index in [4.69, 9.17) is 9.47 Å². The van der Waals surface area contributed by atoms with Crippen LogP contribution in [0.15, 0.2) is 18.2 Å². The second kappa shape index (κ2) is 5.29. The van der Waals surface area contributed by atoms with Crippen molar-refractivity contribution in [3.63, 3.8) is 0 Å². The summed E-state index contributed by atoms with van der Waals surface area (Å²) in [6, 6.07) is 5.83. The van der Waals surface area contributed by atoms with Crippen molar-refractivity contribution < 1.29 is 14.6 Å². The molecule has 18 heavy (non-hydrogen) atoms. The predicted octanol–water partition coefficient (Wildman–Crippen LogP) is 3.00. The zero-order valence-corrected chi connectivity index (χ0v) is 11.4. The molecule has 0 bridgehead atoms. The van der Waals surface area contributed by atoms with Gasteiger partial charge in [-0.2, -0.15) is 0 Å². The Morgan fingerprint density at radius 2 is 2.06 bits per heavy atom. The van der Waals surface area contributed by atoms with E-state index in [2.05, 4.69) is 0 Å². The second-order valence-corrected chi connectivity index (χ2v) is 5.19. The molecule has 1 unspecified atom stereocenters. The highest BCUT2D eigenvalue weighted by atomic mass is 16.5. The Morgan fingerprint density at radius 3 is 2.50 bits per heavy atom. The lowest BCUT2D eigenvalue weighted by molar-refractivity contribution is -0.0999. The van der Waals surface area contributed by atoms with Crippen molar-refractivity contribution in [2.75, 3.05) is 14.2 Å². The highest BCUT2D eigenvalue weighted by Crippen LogP contribution is 2.42. The van der Waals surface area contributed by atoms with Crippen LogP contribution in [0, 0.1) is 6.92 Å². The molecule has 3 heteroatoms. The summed E-state index contributed by atoms with van der Waals surface area (Å²) in [6.07, 6.45) is 3.51. The average molecular weight is 250 g/mol. The van der Waals surface area contributed by atoms with E-state index in [1.165, 1.54) is 6.42 Å². The van der Waals surface area contributed by atoms with Crippen molar-refractivity contribution in [3.05, 3.63) is 29.3 Å². The first-order valence-electron chi connectivity index (χ1n) is 6.48. The summed E-state index contributed by atoms with van der Waals surface area (Å²) < 4.78 is 10.8. The van der Waals surface area contributed by atoms with Gasteiger partial charge in [0, 0.05) is 13.5 Å². The zero-order valence-electron chi connectivity index (χ0n) is 11.4. The molecule has 0 aliphatic heterocycles. The van der Waals surface area contributed by atoms with Gasteiger partial charge in [0.05, 0.1) is 18.8 Å². The molecular formula is C15H22O3. The van der Waals surface area contributed by atoms with E-state index in [1.807, 2.05) is 25.1 Å². The first-order valence-corrected chi connectivity index (χ1v) is 6.48. The molecule has 0 aromatic heterocycles. The number of aliphatic hydroxyl groups excluding tert-OH is 1. The van der Waals surface area contributed by atoms with Crippen LogP contribution >= 0.6 is 0 Å². The van der Waals surface area contributed by atoms with E-state index in [1.54, 1.807) is 14.2 Å². The van der Waals surface area contributed by atoms with E-state index < -0.39 is 6.10 Å². The maximum absolute atomic E-state index is 10.3. The van der Waals surface area contributed by atoms with Crippen molar-refractivity contribution in [2.45, 2.75) is 44.3 Å². The van der Waals surface area contributed by atoms with Gasteiger partial charge in [-0.3, -0.25) is 0 Å². The number of rotatable bonds is 5. The lowest BCUT2D eigenvalue weighted by atomic mass is 9.75. The molecule has 2 rings (SSSR count). The maximum atomic E-state index is 10.3. The number of hydrogen-bond donors (Lipinski definition) is 1. The van der Waals surface area contributed by atoms with E-state index in [0.717, 1.165) is 29.7 Å². The minimum atomic E-state index is -0.463. The lowest BCUT2D eigenvalue weighted by Crippen LogP contribution is -2.40. The molecule has 0 saturated heterocycles. The van der Waals surface area contributed by atoms with E-state index in [-0.39, 0.29) is 5.60 Å². The average Bonchev–Trinajstić information content (AvgIpc) is 2.33. The normalized spacial score (nSPS) is 19.1. The predicted molar refractivity (Wildman–Crippen MR) is 70.9 cm³/mol. The minimum absolute atomic E-state index is 0.104. The highest BCUT2D eigenvalue weighted by molar-refractivity contribution is 5.37. The minimum Gasteiger partial charge on any atom is -0.496 e. The third-order valence-corrected chi connectivity index (χ3v) is 4.07. The molecule has 0 radical (unpaired) electrons. The lowest BCUT2D eigenvalue weighted by Gasteiger charge is -2.42. The van der Waals surface area contributed by atoms with Gasteiger partial charge in [-0.05, 0) is 49.4 Å². The smallest absolute Gasteiger partial charge is 0.121 e. The molecule has 100 valence electrons. The summed E-state index contributed by atoms with van der Waals surface area (Å²) in [5.74, 6) is 0.857. The first-order chi connectivity index (χ1) is 8.60. The SMILES string of the molecule is COc1ccc(C(O)CC2(OC)CCC2)cc1C. The van der Waals surface area contributed by atoms with Crippen LogP contribution in [0.1, 0.15) is 42.9 Å². The van der Waals surface area contributed by atoms with Crippen molar-refractivity contribution >= 4 is 0 Å². The summed E-state index contributed by atoms with van der Waals surface area (Å²) in [5.41, 5.74) is 1.89. The Labute approximate surface area is 109 Å². The van der Waals surface area contributed by atoms with Crippen LogP contribution in [-0.4, -0.2) is 24.9 Å². The summed E-state index contributed by atoms with van der Waals surface area (Å²) in [4.78, 5) is 0. The van der Waals surface area contributed by atoms with Gasteiger partial charge in [0.1, 0.15) is 5.75 Å². The summed E-state index contributed by atoms with van der Waals surface area (Å²) in [7, 11) is 3.40. The van der Waals surface area contributed by atoms with E-state index >= 15 is 0 Å². The van der Waals surface area contributed by atoms with Crippen molar-refractivity contribution in [1.29, 1.82) is 0 Å². The second-order valence-electron chi connectivity index (χ2n) is 5.19. The van der Waals surface area contributed by atoms with Gasteiger partial charge in [-0.25, -0.2) is 0 Å². The molecule has 1 N–H and O–H groups in total. The number of aliphatic hydroxyl groups is 1. The fourth-order valence-corrected chi connectivity index (χ4v) is 2.64. The van der Waals surface area contributed by atoms with Crippen LogP contribution in [-0.2, 0) is 4.74 Å².